The molecular formula is C22H25BrClFN2O2. The number of hydrogen-bond acceptors (Lipinski definition) is 2. The minimum atomic E-state index is -0.456. The Morgan fingerprint density at radius 3 is 2.24 bits per heavy atom. The average molecular weight is 484 g/mol. The number of halogens is 3. The Bertz CT molecular complexity index is 856. The largest absolute Gasteiger partial charge is 0.339 e. The van der Waals surface area contributed by atoms with Crippen LogP contribution < -0.4 is 0 Å². The molecule has 1 heterocycles. The van der Waals surface area contributed by atoms with Gasteiger partial charge in [0.05, 0.1) is 16.0 Å². The van der Waals surface area contributed by atoms with E-state index in [1.165, 1.54) is 31.4 Å². The average Bonchev–Trinajstić information content (AvgIpc) is 2.65. The number of hydrogen-bond donors (Lipinski definition) is 0. The summed E-state index contributed by atoms with van der Waals surface area (Å²) in [5, 5.41) is 0.129. The van der Waals surface area contributed by atoms with Crippen LogP contribution in [0.25, 0.3) is 0 Å². The first-order chi connectivity index (χ1) is 13.8. The van der Waals surface area contributed by atoms with Crippen molar-refractivity contribution in [3.63, 3.8) is 0 Å². The van der Waals surface area contributed by atoms with Crippen LogP contribution in [-0.4, -0.2) is 52.1 Å². The van der Waals surface area contributed by atoms with E-state index in [2.05, 4.69) is 15.9 Å². The highest BCUT2D eigenvalue weighted by Crippen LogP contribution is 2.64. The van der Waals surface area contributed by atoms with E-state index in [0.717, 1.165) is 25.3 Å². The van der Waals surface area contributed by atoms with Crippen molar-refractivity contribution < 1.29 is 14.0 Å². The molecule has 4 aliphatic carbocycles. The van der Waals surface area contributed by atoms with E-state index in [9.17, 15) is 14.0 Å². The highest BCUT2D eigenvalue weighted by atomic mass is 79.9. The van der Waals surface area contributed by atoms with Crippen LogP contribution in [0.3, 0.4) is 0 Å². The van der Waals surface area contributed by atoms with E-state index >= 15 is 0 Å². The summed E-state index contributed by atoms with van der Waals surface area (Å²) in [4.78, 5) is 30.0. The van der Waals surface area contributed by atoms with Gasteiger partial charge in [0.15, 0.2) is 0 Å². The first-order valence-corrected chi connectivity index (χ1v) is 11.7. The Hall–Kier alpha value is -1.14. The SMILES string of the molecule is O=C(c1ccc(F)cc1Cl)N1CCN(C(=O)C23CC4CC(CC(Br)(C4)C2)C3)CC1. The number of benzene rings is 1. The molecule has 4 bridgehead atoms. The molecule has 0 aromatic heterocycles. The molecule has 2 unspecified atom stereocenters. The molecule has 4 saturated carbocycles. The van der Waals surface area contributed by atoms with Crippen molar-refractivity contribution in [3.8, 4) is 0 Å². The number of rotatable bonds is 2. The molecule has 5 aliphatic rings. The van der Waals surface area contributed by atoms with E-state index in [0.29, 0.717) is 49.5 Å². The molecule has 156 valence electrons. The minimum absolute atomic E-state index is 0.129. The molecule has 2 amide bonds. The van der Waals surface area contributed by atoms with E-state index in [4.69, 9.17) is 11.6 Å². The lowest BCUT2D eigenvalue weighted by atomic mass is 9.49. The van der Waals surface area contributed by atoms with Crippen LogP contribution >= 0.6 is 27.5 Å². The van der Waals surface area contributed by atoms with Crippen molar-refractivity contribution >= 4 is 39.3 Å². The fourth-order valence-corrected chi connectivity index (χ4v) is 8.38. The zero-order chi connectivity index (χ0) is 20.4. The molecule has 0 N–H and O–H groups in total. The van der Waals surface area contributed by atoms with Gasteiger partial charge in [-0.3, -0.25) is 9.59 Å². The molecule has 7 heteroatoms. The maximum absolute atomic E-state index is 13.6. The fraction of sp³-hybridized carbons (Fsp3) is 0.636. The third-order valence-corrected chi connectivity index (χ3v) is 8.70. The van der Waals surface area contributed by atoms with Crippen molar-refractivity contribution in [2.45, 2.75) is 42.8 Å². The van der Waals surface area contributed by atoms with Crippen molar-refractivity contribution in [1.82, 2.24) is 9.80 Å². The lowest BCUT2D eigenvalue weighted by Crippen LogP contribution is -2.61. The Morgan fingerprint density at radius 2 is 1.66 bits per heavy atom. The molecular weight excluding hydrogens is 459 g/mol. The summed E-state index contributed by atoms with van der Waals surface area (Å²) in [5.74, 6) is 0.979. The van der Waals surface area contributed by atoms with Gasteiger partial charge in [0, 0.05) is 30.5 Å². The Balaban J connectivity index is 1.26. The number of piperazine rings is 1. The van der Waals surface area contributed by atoms with Gasteiger partial charge in [0.1, 0.15) is 5.82 Å². The van der Waals surface area contributed by atoms with E-state index < -0.39 is 5.82 Å². The topological polar surface area (TPSA) is 40.6 Å². The van der Waals surface area contributed by atoms with Gasteiger partial charge in [-0.15, -0.1) is 0 Å². The lowest BCUT2D eigenvalue weighted by Gasteiger charge is -2.60. The lowest BCUT2D eigenvalue weighted by molar-refractivity contribution is -0.157. The second-order valence-electron chi connectivity index (χ2n) is 9.60. The molecule has 29 heavy (non-hydrogen) atoms. The third kappa shape index (κ3) is 3.40. The molecule has 6 rings (SSSR count). The van der Waals surface area contributed by atoms with Gasteiger partial charge in [-0.25, -0.2) is 4.39 Å². The van der Waals surface area contributed by atoms with Crippen LogP contribution in [0, 0.1) is 23.1 Å². The van der Waals surface area contributed by atoms with Crippen LogP contribution in [0.15, 0.2) is 18.2 Å². The van der Waals surface area contributed by atoms with Crippen molar-refractivity contribution in [2.75, 3.05) is 26.2 Å². The molecule has 4 nitrogen and oxygen atoms in total. The van der Waals surface area contributed by atoms with E-state index in [-0.39, 0.29) is 20.7 Å². The van der Waals surface area contributed by atoms with Gasteiger partial charge < -0.3 is 9.80 Å². The summed E-state index contributed by atoms with van der Waals surface area (Å²) in [6.07, 6.45) is 6.71. The number of carbonyl (C=O) groups excluding carboxylic acids is 2. The van der Waals surface area contributed by atoms with Crippen LogP contribution in [-0.2, 0) is 4.79 Å². The normalized spacial score (nSPS) is 35.8. The maximum atomic E-state index is 13.6. The summed E-state index contributed by atoms with van der Waals surface area (Å²) < 4.78 is 13.4. The summed E-state index contributed by atoms with van der Waals surface area (Å²) in [6, 6.07) is 3.85. The van der Waals surface area contributed by atoms with Gasteiger partial charge in [-0.2, -0.15) is 0 Å². The second kappa shape index (κ2) is 6.94. The highest BCUT2D eigenvalue weighted by molar-refractivity contribution is 9.10. The van der Waals surface area contributed by atoms with Gasteiger partial charge in [-0.1, -0.05) is 27.5 Å². The molecule has 2 atom stereocenters. The first kappa shape index (κ1) is 19.8. The maximum Gasteiger partial charge on any atom is 0.255 e. The van der Waals surface area contributed by atoms with Crippen molar-refractivity contribution in [1.29, 1.82) is 0 Å². The van der Waals surface area contributed by atoms with Crippen LogP contribution in [0.2, 0.25) is 5.02 Å². The first-order valence-electron chi connectivity index (χ1n) is 10.5. The van der Waals surface area contributed by atoms with Gasteiger partial charge in [0.25, 0.3) is 5.91 Å². The Labute approximate surface area is 183 Å². The predicted octanol–water partition coefficient (Wildman–Crippen LogP) is 4.50. The smallest absolute Gasteiger partial charge is 0.255 e. The highest BCUT2D eigenvalue weighted by Gasteiger charge is 2.60. The summed E-state index contributed by atoms with van der Waals surface area (Å²) in [7, 11) is 0. The van der Waals surface area contributed by atoms with Crippen LogP contribution in [0.1, 0.15) is 48.9 Å². The predicted molar refractivity (Wildman–Crippen MR) is 113 cm³/mol. The molecule has 0 radical (unpaired) electrons. The van der Waals surface area contributed by atoms with Crippen molar-refractivity contribution in [2.24, 2.45) is 17.3 Å². The zero-order valence-corrected chi connectivity index (χ0v) is 18.6. The van der Waals surface area contributed by atoms with Gasteiger partial charge in [-0.05, 0) is 68.6 Å². The van der Waals surface area contributed by atoms with Gasteiger partial charge >= 0.3 is 0 Å². The molecule has 1 aliphatic heterocycles. The second-order valence-corrected chi connectivity index (χ2v) is 11.7. The summed E-state index contributed by atoms with van der Waals surface area (Å²) >= 11 is 10.0. The number of amides is 2. The van der Waals surface area contributed by atoms with Gasteiger partial charge in [0.2, 0.25) is 5.91 Å². The standard InChI is InChI=1S/C22H25BrClFN2O2/c23-22-11-14-7-15(12-22)10-21(9-14,13-22)20(29)27-5-3-26(4-6-27)19(28)17-2-1-16(25)8-18(17)24/h1-2,8,14-15H,3-7,9-13H2. The molecule has 1 aromatic rings. The molecule has 5 fully saturated rings. The zero-order valence-electron chi connectivity index (χ0n) is 16.3. The summed E-state index contributed by atoms with van der Waals surface area (Å²) in [6.45, 7) is 2.08. The Kier molecular flexibility index (Phi) is 4.74. The molecule has 1 aromatic carbocycles. The van der Waals surface area contributed by atoms with Crippen LogP contribution in [0.4, 0.5) is 4.39 Å². The van der Waals surface area contributed by atoms with Crippen molar-refractivity contribution in [3.05, 3.63) is 34.6 Å². The summed E-state index contributed by atoms with van der Waals surface area (Å²) in [5.41, 5.74) is 0.107. The van der Waals surface area contributed by atoms with E-state index in [1.54, 1.807) is 4.90 Å². The van der Waals surface area contributed by atoms with E-state index in [1.807, 2.05) is 4.90 Å². The number of alkyl halides is 1. The number of nitrogens with zero attached hydrogens (tertiary/aromatic N) is 2. The quantitative estimate of drug-likeness (QED) is 0.581. The molecule has 0 spiro atoms. The minimum Gasteiger partial charge on any atom is -0.339 e. The number of carbonyl (C=O) groups is 2. The molecule has 1 saturated heterocycles. The monoisotopic (exact) mass is 482 g/mol. The Morgan fingerprint density at radius 1 is 1.03 bits per heavy atom. The van der Waals surface area contributed by atoms with Crippen LogP contribution in [0.5, 0.6) is 0 Å². The third-order valence-electron chi connectivity index (χ3n) is 7.46. The fourth-order valence-electron chi connectivity index (χ4n) is 6.68.